The van der Waals surface area contributed by atoms with Crippen molar-refractivity contribution >= 4 is 5.97 Å². The summed E-state index contributed by atoms with van der Waals surface area (Å²) >= 11 is 0. The highest BCUT2D eigenvalue weighted by molar-refractivity contribution is 5.87. The van der Waals surface area contributed by atoms with Crippen LogP contribution in [0.1, 0.15) is 75.6 Å². The summed E-state index contributed by atoms with van der Waals surface area (Å²) in [7, 11) is 0. The van der Waals surface area contributed by atoms with Gasteiger partial charge < -0.3 is 29.5 Å². The van der Waals surface area contributed by atoms with Gasteiger partial charge >= 0.3 is 5.97 Å². The molecule has 7 nitrogen and oxygen atoms in total. The molecule has 0 unspecified atom stereocenters. The molecule has 0 spiro atoms. The first-order valence-corrected chi connectivity index (χ1v) is 11.9. The molecule has 0 bridgehead atoms. The molecule has 0 radical (unpaired) electrons. The van der Waals surface area contributed by atoms with Crippen LogP contribution >= 0.6 is 0 Å². The van der Waals surface area contributed by atoms with Gasteiger partial charge in [-0.3, -0.25) is 0 Å². The molecule has 0 aromatic heterocycles. The third-order valence-corrected chi connectivity index (χ3v) is 4.15. The van der Waals surface area contributed by atoms with Gasteiger partial charge in [0.2, 0.25) is 0 Å². The SMILES string of the molecule is CCCCCCOCCCCCC.O=C(O)c1ccccc1.OCCOCCOCCO. The number of rotatable bonds is 18. The lowest BCUT2D eigenvalue weighted by molar-refractivity contribution is 0.0222. The van der Waals surface area contributed by atoms with E-state index in [1.165, 1.54) is 51.4 Å². The Labute approximate surface area is 194 Å². The fraction of sp³-hybridized carbons (Fsp3) is 0.720. The molecule has 0 heterocycles. The van der Waals surface area contributed by atoms with Crippen LogP contribution in [0.15, 0.2) is 30.3 Å². The van der Waals surface area contributed by atoms with E-state index in [0.717, 1.165) is 13.2 Å². The molecule has 1 aromatic rings. The summed E-state index contributed by atoms with van der Waals surface area (Å²) < 4.78 is 15.3. The maximum absolute atomic E-state index is 10.2. The molecule has 3 N–H and O–H groups in total. The van der Waals surface area contributed by atoms with Crippen molar-refractivity contribution in [2.45, 2.75) is 65.2 Å². The lowest BCUT2D eigenvalue weighted by Crippen LogP contribution is -2.09. The number of hydrogen-bond donors (Lipinski definition) is 3. The average molecular weight is 459 g/mol. The molecular weight excluding hydrogens is 412 g/mol. The first-order valence-electron chi connectivity index (χ1n) is 11.9. The molecular formula is C25H46O7. The van der Waals surface area contributed by atoms with E-state index in [-0.39, 0.29) is 13.2 Å². The van der Waals surface area contributed by atoms with Gasteiger partial charge in [-0.15, -0.1) is 0 Å². The Morgan fingerprint density at radius 3 is 1.44 bits per heavy atom. The quantitative estimate of drug-likeness (QED) is 0.277. The smallest absolute Gasteiger partial charge is 0.335 e. The van der Waals surface area contributed by atoms with Crippen molar-refractivity contribution in [2.75, 3.05) is 52.9 Å². The summed E-state index contributed by atoms with van der Waals surface area (Å²) in [6, 6.07) is 8.30. The van der Waals surface area contributed by atoms with Gasteiger partial charge in [-0.25, -0.2) is 4.79 Å². The third kappa shape index (κ3) is 28.5. The van der Waals surface area contributed by atoms with Gasteiger partial charge in [0.1, 0.15) is 0 Å². The zero-order valence-electron chi connectivity index (χ0n) is 20.2. The Morgan fingerprint density at radius 1 is 0.656 bits per heavy atom. The van der Waals surface area contributed by atoms with Gasteiger partial charge in [0.25, 0.3) is 0 Å². The molecule has 32 heavy (non-hydrogen) atoms. The van der Waals surface area contributed by atoms with Crippen molar-refractivity contribution in [2.24, 2.45) is 0 Å². The third-order valence-electron chi connectivity index (χ3n) is 4.15. The molecule has 0 saturated carbocycles. The van der Waals surface area contributed by atoms with Crippen molar-refractivity contribution in [3.05, 3.63) is 35.9 Å². The number of aliphatic hydroxyl groups excluding tert-OH is 2. The Balaban J connectivity index is 0. The number of unbranched alkanes of at least 4 members (excludes halogenated alkanes) is 6. The van der Waals surface area contributed by atoms with Crippen LogP contribution in [0.5, 0.6) is 0 Å². The fourth-order valence-electron chi connectivity index (χ4n) is 2.40. The van der Waals surface area contributed by atoms with Gasteiger partial charge in [-0.1, -0.05) is 70.6 Å². The van der Waals surface area contributed by atoms with E-state index in [1.54, 1.807) is 30.3 Å². The lowest BCUT2D eigenvalue weighted by Gasteiger charge is -2.03. The Bertz CT molecular complexity index is 451. The van der Waals surface area contributed by atoms with E-state index in [2.05, 4.69) is 13.8 Å². The van der Waals surface area contributed by atoms with E-state index in [4.69, 9.17) is 29.5 Å². The normalized spacial score (nSPS) is 10.0. The molecule has 0 atom stereocenters. The zero-order valence-corrected chi connectivity index (χ0v) is 20.2. The van der Waals surface area contributed by atoms with Crippen molar-refractivity contribution < 1.29 is 34.3 Å². The highest BCUT2D eigenvalue weighted by atomic mass is 16.5. The predicted molar refractivity (Wildman–Crippen MR) is 128 cm³/mol. The molecule has 188 valence electrons. The molecule has 0 aliphatic heterocycles. The zero-order chi connectivity index (χ0) is 24.1. The van der Waals surface area contributed by atoms with Crippen LogP contribution < -0.4 is 0 Å². The van der Waals surface area contributed by atoms with E-state index < -0.39 is 5.97 Å². The number of aromatic carboxylic acids is 1. The van der Waals surface area contributed by atoms with Gasteiger partial charge in [0, 0.05) is 13.2 Å². The van der Waals surface area contributed by atoms with E-state index in [1.807, 2.05) is 0 Å². The highest BCUT2D eigenvalue weighted by Crippen LogP contribution is 2.01. The minimum Gasteiger partial charge on any atom is -0.478 e. The summed E-state index contributed by atoms with van der Waals surface area (Å²) in [6.07, 6.45) is 10.5. The number of ether oxygens (including phenoxy) is 3. The molecule has 1 aromatic carbocycles. The van der Waals surface area contributed by atoms with E-state index >= 15 is 0 Å². The largest absolute Gasteiger partial charge is 0.478 e. The minimum absolute atomic E-state index is 0.0417. The second kappa shape index (κ2) is 29.5. The van der Waals surface area contributed by atoms with Crippen LogP contribution in [-0.4, -0.2) is 74.1 Å². The number of aliphatic hydroxyl groups is 2. The number of carboxylic acids is 1. The molecule has 0 amide bonds. The Hall–Kier alpha value is -1.51. The van der Waals surface area contributed by atoms with Gasteiger partial charge in [0.15, 0.2) is 0 Å². The van der Waals surface area contributed by atoms with E-state index in [9.17, 15) is 4.79 Å². The van der Waals surface area contributed by atoms with Crippen molar-refractivity contribution in [1.29, 1.82) is 0 Å². The first-order chi connectivity index (χ1) is 15.6. The lowest BCUT2D eigenvalue weighted by atomic mass is 10.2. The Morgan fingerprint density at radius 2 is 1.09 bits per heavy atom. The number of hydrogen-bond acceptors (Lipinski definition) is 6. The molecule has 7 heteroatoms. The maximum Gasteiger partial charge on any atom is 0.335 e. The second-order valence-electron chi connectivity index (χ2n) is 7.08. The molecule has 0 saturated heterocycles. The first kappa shape index (κ1) is 32.7. The van der Waals surface area contributed by atoms with Gasteiger partial charge in [-0.05, 0) is 25.0 Å². The molecule has 0 aliphatic carbocycles. The average Bonchev–Trinajstić information content (AvgIpc) is 2.82. The summed E-state index contributed by atoms with van der Waals surface area (Å²) in [5, 5.41) is 24.9. The number of carboxylic acid groups (broad SMARTS) is 1. The summed E-state index contributed by atoms with van der Waals surface area (Å²) in [5.41, 5.74) is 0.331. The summed E-state index contributed by atoms with van der Waals surface area (Å²) in [6.45, 7) is 8.17. The maximum atomic E-state index is 10.2. The van der Waals surface area contributed by atoms with Crippen LogP contribution in [-0.2, 0) is 14.2 Å². The monoisotopic (exact) mass is 458 g/mol. The van der Waals surface area contributed by atoms with Crippen molar-refractivity contribution in [3.8, 4) is 0 Å². The second-order valence-corrected chi connectivity index (χ2v) is 7.08. The summed E-state index contributed by atoms with van der Waals surface area (Å²) in [5.74, 6) is -0.879. The van der Waals surface area contributed by atoms with Gasteiger partial charge in [0.05, 0.1) is 45.2 Å². The van der Waals surface area contributed by atoms with Crippen LogP contribution in [0.25, 0.3) is 0 Å². The fourth-order valence-corrected chi connectivity index (χ4v) is 2.40. The van der Waals surface area contributed by atoms with Crippen molar-refractivity contribution in [3.63, 3.8) is 0 Å². The predicted octanol–water partition coefficient (Wildman–Crippen LogP) is 4.55. The number of benzene rings is 1. The van der Waals surface area contributed by atoms with Crippen molar-refractivity contribution in [1.82, 2.24) is 0 Å². The molecule has 0 aliphatic rings. The highest BCUT2D eigenvalue weighted by Gasteiger charge is 1.96. The van der Waals surface area contributed by atoms with Gasteiger partial charge in [-0.2, -0.15) is 0 Å². The number of carbonyl (C=O) groups is 1. The molecule has 0 fully saturated rings. The minimum atomic E-state index is -0.879. The van der Waals surface area contributed by atoms with Crippen LogP contribution in [0.4, 0.5) is 0 Å². The topological polar surface area (TPSA) is 105 Å². The van der Waals surface area contributed by atoms with E-state index in [0.29, 0.717) is 32.0 Å². The van der Waals surface area contributed by atoms with Crippen LogP contribution in [0.2, 0.25) is 0 Å². The summed E-state index contributed by atoms with van der Waals surface area (Å²) in [4.78, 5) is 10.2. The standard InChI is InChI=1S/C12H26O.C7H6O2.C6H14O4/c1-3-5-7-9-11-13-12-10-8-6-4-2;8-7(9)6-4-2-1-3-5-6;7-1-3-9-5-6-10-4-2-8/h3-12H2,1-2H3;1-5H,(H,8,9);7-8H,1-6H2. The Kier molecular flexibility index (Phi) is 30.1. The molecule has 1 rings (SSSR count). The van der Waals surface area contributed by atoms with Crippen LogP contribution in [0, 0.1) is 0 Å². The van der Waals surface area contributed by atoms with Crippen LogP contribution in [0.3, 0.4) is 0 Å².